The van der Waals surface area contributed by atoms with Crippen LogP contribution in [0.1, 0.15) is 13.8 Å². The second kappa shape index (κ2) is 9.93. The highest BCUT2D eigenvalue weighted by Gasteiger charge is 2.52. The number of ether oxygens (including phenoxy) is 3. The lowest BCUT2D eigenvalue weighted by Crippen LogP contribution is -2.69. The second-order valence-corrected chi connectivity index (χ2v) is 7.04. The van der Waals surface area contributed by atoms with Crippen LogP contribution in [0.25, 0.3) is 0 Å². The van der Waals surface area contributed by atoms with Crippen LogP contribution in [0.15, 0.2) is 0 Å². The standard InChI is InChI=1S/C16H26N2O12/c1-4(20)17-7-10(23)12(6(3-19)28-15(7)27)29-16-8(18-5(2)21)9(22)11(24)13(30-16)14(25)26/h6-13,15-16,19,22-24,27H,3H2,1-2H3,(H,17,20)(H,18,21)(H,25,26)/t6-,7-,8+,9-,10-,11+,12-,13+,15+,16-/m1/s1. The fraction of sp³-hybridized carbons (Fsp3) is 0.812. The zero-order valence-corrected chi connectivity index (χ0v) is 16.1. The molecule has 30 heavy (non-hydrogen) atoms. The van der Waals surface area contributed by atoms with Crippen molar-refractivity contribution in [2.75, 3.05) is 6.61 Å². The van der Waals surface area contributed by atoms with Gasteiger partial charge in [-0.1, -0.05) is 0 Å². The van der Waals surface area contributed by atoms with Crippen LogP contribution in [0.4, 0.5) is 0 Å². The first-order valence-corrected chi connectivity index (χ1v) is 9.04. The number of carbonyl (C=O) groups excluding carboxylic acids is 2. The van der Waals surface area contributed by atoms with E-state index in [0.717, 1.165) is 13.8 Å². The Hall–Kier alpha value is -1.91. The van der Waals surface area contributed by atoms with Gasteiger partial charge in [0.15, 0.2) is 18.7 Å². The van der Waals surface area contributed by atoms with E-state index in [1.807, 2.05) is 0 Å². The molecule has 14 nitrogen and oxygen atoms in total. The number of hydrogen-bond donors (Lipinski definition) is 8. The molecule has 8 N–H and O–H groups in total. The Morgan fingerprint density at radius 1 is 0.900 bits per heavy atom. The van der Waals surface area contributed by atoms with Crippen LogP contribution in [0, 0.1) is 0 Å². The maximum atomic E-state index is 11.5. The molecule has 2 heterocycles. The van der Waals surface area contributed by atoms with Gasteiger partial charge in [0.1, 0.15) is 42.6 Å². The summed E-state index contributed by atoms with van der Waals surface area (Å²) in [6.45, 7) is 1.47. The van der Waals surface area contributed by atoms with Gasteiger partial charge in [0.2, 0.25) is 11.8 Å². The van der Waals surface area contributed by atoms with E-state index in [-0.39, 0.29) is 0 Å². The molecule has 0 unspecified atom stereocenters. The Morgan fingerprint density at radius 2 is 1.47 bits per heavy atom. The molecule has 0 aromatic heterocycles. The molecule has 10 atom stereocenters. The van der Waals surface area contributed by atoms with Crippen LogP contribution in [0.3, 0.4) is 0 Å². The van der Waals surface area contributed by atoms with Gasteiger partial charge in [0.25, 0.3) is 0 Å². The summed E-state index contributed by atoms with van der Waals surface area (Å²) >= 11 is 0. The molecule has 0 aliphatic carbocycles. The third-order valence-corrected chi connectivity index (χ3v) is 4.75. The minimum atomic E-state index is -1.93. The molecule has 2 saturated heterocycles. The van der Waals surface area contributed by atoms with E-state index in [1.165, 1.54) is 0 Å². The van der Waals surface area contributed by atoms with Gasteiger partial charge in [-0.05, 0) is 0 Å². The van der Waals surface area contributed by atoms with E-state index in [0.29, 0.717) is 0 Å². The van der Waals surface area contributed by atoms with Gasteiger partial charge in [-0.25, -0.2) is 4.79 Å². The fourth-order valence-corrected chi connectivity index (χ4v) is 3.37. The first-order chi connectivity index (χ1) is 14.0. The predicted molar refractivity (Wildman–Crippen MR) is 92.4 cm³/mol. The highest BCUT2D eigenvalue weighted by atomic mass is 16.7. The lowest BCUT2D eigenvalue weighted by atomic mass is 9.94. The maximum absolute atomic E-state index is 11.5. The normalized spacial score (nSPS) is 41.7. The minimum absolute atomic E-state index is 0.613. The molecule has 2 aliphatic rings. The number of aliphatic hydroxyl groups is 5. The molecule has 2 aliphatic heterocycles. The van der Waals surface area contributed by atoms with Crippen molar-refractivity contribution in [2.45, 2.75) is 75.1 Å². The summed E-state index contributed by atoms with van der Waals surface area (Å²) in [6.07, 6.45) is -13.6. The van der Waals surface area contributed by atoms with Crippen LogP contribution in [-0.4, -0.2) is 116 Å². The maximum Gasteiger partial charge on any atom is 0.335 e. The predicted octanol–water partition coefficient (Wildman–Crippen LogP) is -5.02. The van der Waals surface area contributed by atoms with Gasteiger partial charge < -0.3 is 55.5 Å². The summed E-state index contributed by atoms with van der Waals surface area (Å²) in [5.74, 6) is -2.90. The summed E-state index contributed by atoms with van der Waals surface area (Å²) < 4.78 is 15.9. The number of aliphatic hydroxyl groups excluding tert-OH is 5. The van der Waals surface area contributed by atoms with E-state index in [1.54, 1.807) is 0 Å². The molecule has 2 fully saturated rings. The molecule has 172 valence electrons. The first kappa shape index (κ1) is 24.4. The van der Waals surface area contributed by atoms with Gasteiger partial charge >= 0.3 is 5.97 Å². The molecule has 14 heteroatoms. The molecule has 0 radical (unpaired) electrons. The number of aliphatic carboxylic acids is 1. The Labute approximate surface area is 170 Å². The average molecular weight is 438 g/mol. The van der Waals surface area contributed by atoms with Crippen molar-refractivity contribution in [3.63, 3.8) is 0 Å². The molecule has 0 saturated carbocycles. The minimum Gasteiger partial charge on any atom is -0.479 e. The summed E-state index contributed by atoms with van der Waals surface area (Å²) in [5, 5.41) is 64.1. The highest BCUT2D eigenvalue weighted by Crippen LogP contribution is 2.29. The molecular weight excluding hydrogens is 412 g/mol. The number of rotatable bonds is 6. The number of carboxylic acid groups (broad SMARTS) is 1. The zero-order chi connectivity index (χ0) is 22.7. The average Bonchev–Trinajstić information content (AvgIpc) is 2.65. The van der Waals surface area contributed by atoms with E-state index in [2.05, 4.69) is 10.6 Å². The van der Waals surface area contributed by atoms with Gasteiger partial charge in [-0.2, -0.15) is 0 Å². The van der Waals surface area contributed by atoms with E-state index >= 15 is 0 Å². The molecule has 0 spiro atoms. The summed E-state index contributed by atoms with van der Waals surface area (Å²) in [6, 6.07) is -2.82. The SMILES string of the molecule is CC(=O)N[C@@H]1[C@H](O[C@H]2[C@H](O)[C@@H](NC(C)=O)[C@@H](O)O[C@@H]2CO)O[C@H](C(=O)O)[C@@H](O)[C@@H]1O. The van der Waals surface area contributed by atoms with Crippen molar-refractivity contribution >= 4 is 17.8 Å². The molecule has 0 aromatic rings. The first-order valence-electron chi connectivity index (χ1n) is 9.04. The third kappa shape index (κ3) is 5.22. The van der Waals surface area contributed by atoms with Gasteiger partial charge in [-0.15, -0.1) is 0 Å². The molecule has 0 bridgehead atoms. The lowest BCUT2D eigenvalue weighted by molar-refractivity contribution is -0.323. The second-order valence-electron chi connectivity index (χ2n) is 7.04. The van der Waals surface area contributed by atoms with Crippen LogP contribution in [-0.2, 0) is 28.6 Å². The van der Waals surface area contributed by atoms with Crippen LogP contribution in [0.5, 0.6) is 0 Å². The van der Waals surface area contributed by atoms with Gasteiger partial charge in [0, 0.05) is 13.8 Å². The molecule has 0 aromatic carbocycles. The number of hydrogen-bond acceptors (Lipinski definition) is 11. The van der Waals surface area contributed by atoms with Gasteiger partial charge in [-0.3, -0.25) is 9.59 Å². The highest BCUT2D eigenvalue weighted by molar-refractivity contribution is 5.75. The number of carbonyl (C=O) groups is 3. The van der Waals surface area contributed by atoms with Crippen LogP contribution in [0.2, 0.25) is 0 Å². The lowest BCUT2D eigenvalue weighted by Gasteiger charge is -2.46. The molecule has 2 amide bonds. The van der Waals surface area contributed by atoms with Crippen molar-refractivity contribution in [3.8, 4) is 0 Å². The monoisotopic (exact) mass is 438 g/mol. The number of carboxylic acids is 1. The van der Waals surface area contributed by atoms with E-state index in [9.17, 15) is 45.0 Å². The van der Waals surface area contributed by atoms with E-state index in [4.69, 9.17) is 14.2 Å². The summed E-state index contributed by atoms with van der Waals surface area (Å²) in [7, 11) is 0. The van der Waals surface area contributed by atoms with Crippen molar-refractivity contribution < 1.29 is 59.2 Å². The Bertz CT molecular complexity index is 648. The van der Waals surface area contributed by atoms with Crippen molar-refractivity contribution in [3.05, 3.63) is 0 Å². The summed E-state index contributed by atoms with van der Waals surface area (Å²) in [5.41, 5.74) is 0. The fourth-order valence-electron chi connectivity index (χ4n) is 3.37. The van der Waals surface area contributed by atoms with Crippen molar-refractivity contribution in [1.82, 2.24) is 10.6 Å². The Balaban J connectivity index is 2.31. The summed E-state index contributed by atoms with van der Waals surface area (Å²) in [4.78, 5) is 34.2. The Kier molecular flexibility index (Phi) is 8.06. The number of nitrogens with one attached hydrogen (secondary N) is 2. The van der Waals surface area contributed by atoms with E-state index < -0.39 is 85.7 Å². The molecular formula is C16H26N2O12. The third-order valence-electron chi connectivity index (χ3n) is 4.75. The van der Waals surface area contributed by atoms with Gasteiger partial charge in [0.05, 0.1) is 6.61 Å². The van der Waals surface area contributed by atoms with Crippen LogP contribution < -0.4 is 10.6 Å². The molecule has 2 rings (SSSR count). The topological polar surface area (TPSA) is 224 Å². The smallest absolute Gasteiger partial charge is 0.335 e. The number of amides is 2. The van der Waals surface area contributed by atoms with Crippen molar-refractivity contribution in [1.29, 1.82) is 0 Å². The van der Waals surface area contributed by atoms with Crippen LogP contribution >= 0.6 is 0 Å². The largest absolute Gasteiger partial charge is 0.479 e. The van der Waals surface area contributed by atoms with Crippen molar-refractivity contribution in [2.24, 2.45) is 0 Å². The Morgan fingerprint density at radius 3 is 1.97 bits per heavy atom. The zero-order valence-electron chi connectivity index (χ0n) is 16.1. The quantitative estimate of drug-likeness (QED) is 0.195.